The number of halogens is 1. The van der Waals surface area contributed by atoms with E-state index >= 15 is 0 Å². The summed E-state index contributed by atoms with van der Waals surface area (Å²) in [6.07, 6.45) is 1.97. The van der Waals surface area contributed by atoms with Gasteiger partial charge in [0.05, 0.1) is 10.6 Å². The second-order valence-corrected chi connectivity index (χ2v) is 6.58. The van der Waals surface area contributed by atoms with Crippen LogP contribution in [0.3, 0.4) is 0 Å². The van der Waals surface area contributed by atoms with Crippen LogP contribution in [0.4, 0.5) is 5.82 Å². The van der Waals surface area contributed by atoms with Crippen LogP contribution in [0.15, 0.2) is 46.3 Å². The van der Waals surface area contributed by atoms with Crippen LogP contribution >= 0.6 is 27.3 Å². The van der Waals surface area contributed by atoms with E-state index in [1.54, 1.807) is 11.3 Å². The van der Waals surface area contributed by atoms with Crippen molar-refractivity contribution in [3.63, 3.8) is 0 Å². The topological polar surface area (TPSA) is 43.8 Å². The maximum absolute atomic E-state index is 6.37. The number of aromatic nitrogens is 2. The minimum absolute atomic E-state index is 0.735. The number of hydrogen-bond donors (Lipinski definition) is 1. The normalized spacial score (nSPS) is 11.0. The Morgan fingerprint density at radius 1 is 1.24 bits per heavy atom. The molecular weight excluding hydrogens is 346 g/mol. The number of nitrogens with zero attached hydrogens (tertiary/aromatic N) is 2. The van der Waals surface area contributed by atoms with E-state index in [0.717, 1.165) is 45.0 Å². The van der Waals surface area contributed by atoms with Crippen molar-refractivity contribution in [2.24, 2.45) is 0 Å². The van der Waals surface area contributed by atoms with Crippen LogP contribution < -0.4 is 5.73 Å². The first-order valence-corrected chi connectivity index (χ1v) is 8.55. The summed E-state index contributed by atoms with van der Waals surface area (Å²) < 4.78 is 2.91. The Morgan fingerprint density at radius 3 is 2.62 bits per heavy atom. The Kier molecular flexibility index (Phi) is 4.12. The fourth-order valence-corrected chi connectivity index (χ4v) is 3.94. The first kappa shape index (κ1) is 14.4. The lowest BCUT2D eigenvalue weighted by atomic mass is 10.1. The predicted molar refractivity (Wildman–Crippen MR) is 93.0 cm³/mol. The molecule has 5 heteroatoms. The van der Waals surface area contributed by atoms with Crippen molar-refractivity contribution in [1.82, 2.24) is 9.78 Å². The first-order valence-electron chi connectivity index (χ1n) is 6.88. The third-order valence-electron chi connectivity index (χ3n) is 3.36. The highest BCUT2D eigenvalue weighted by molar-refractivity contribution is 9.10. The molecule has 0 spiro atoms. The zero-order valence-corrected chi connectivity index (χ0v) is 14.1. The molecule has 21 heavy (non-hydrogen) atoms. The zero-order valence-electron chi connectivity index (χ0n) is 11.7. The molecule has 2 aromatic heterocycles. The molecule has 0 aliphatic carbocycles. The Balaban J connectivity index is 2.19. The van der Waals surface area contributed by atoms with Crippen LogP contribution in [0.2, 0.25) is 0 Å². The number of benzene rings is 1. The van der Waals surface area contributed by atoms with Crippen molar-refractivity contribution >= 4 is 33.1 Å². The molecule has 3 rings (SSSR count). The average molecular weight is 362 g/mol. The summed E-state index contributed by atoms with van der Waals surface area (Å²) in [5.74, 6) is 0.735. The van der Waals surface area contributed by atoms with Gasteiger partial charge in [0, 0.05) is 10.0 Å². The van der Waals surface area contributed by atoms with Gasteiger partial charge in [0.25, 0.3) is 0 Å². The highest BCUT2D eigenvalue weighted by atomic mass is 79.9. The third kappa shape index (κ3) is 2.63. The summed E-state index contributed by atoms with van der Waals surface area (Å²) in [4.78, 5) is 1.14. The van der Waals surface area contributed by atoms with E-state index in [9.17, 15) is 0 Å². The molecule has 3 nitrogen and oxygen atoms in total. The van der Waals surface area contributed by atoms with Gasteiger partial charge in [0.15, 0.2) is 0 Å². The zero-order chi connectivity index (χ0) is 14.8. The van der Waals surface area contributed by atoms with E-state index in [0.29, 0.717) is 0 Å². The van der Waals surface area contributed by atoms with Gasteiger partial charge in [0.2, 0.25) is 0 Å². The molecule has 0 radical (unpaired) electrons. The Hall–Kier alpha value is -1.59. The van der Waals surface area contributed by atoms with Crippen molar-refractivity contribution in [2.75, 3.05) is 5.73 Å². The molecule has 0 bridgehead atoms. The van der Waals surface area contributed by atoms with Crippen molar-refractivity contribution in [3.05, 3.63) is 51.8 Å². The van der Waals surface area contributed by atoms with E-state index < -0.39 is 0 Å². The van der Waals surface area contributed by atoms with Gasteiger partial charge in [-0.25, -0.2) is 4.68 Å². The SMILES string of the molecule is CCCc1c(-c2sccc2Br)nn(-c2ccccc2)c1N. The number of para-hydroxylation sites is 1. The molecule has 0 atom stereocenters. The van der Waals surface area contributed by atoms with Crippen LogP contribution in [-0.4, -0.2) is 9.78 Å². The first-order chi connectivity index (χ1) is 10.2. The van der Waals surface area contributed by atoms with Crippen LogP contribution in [0.25, 0.3) is 16.3 Å². The fraction of sp³-hybridized carbons (Fsp3) is 0.188. The van der Waals surface area contributed by atoms with Crippen molar-refractivity contribution < 1.29 is 0 Å². The molecule has 2 heterocycles. The quantitative estimate of drug-likeness (QED) is 0.718. The van der Waals surface area contributed by atoms with Gasteiger partial charge in [-0.3, -0.25) is 0 Å². The van der Waals surface area contributed by atoms with E-state index in [2.05, 4.69) is 28.2 Å². The van der Waals surface area contributed by atoms with E-state index in [1.807, 2.05) is 41.1 Å². The molecule has 1 aromatic carbocycles. The smallest absolute Gasteiger partial charge is 0.131 e. The van der Waals surface area contributed by atoms with Gasteiger partial charge < -0.3 is 5.73 Å². The minimum atomic E-state index is 0.735. The Morgan fingerprint density at radius 2 is 2.00 bits per heavy atom. The molecule has 0 saturated carbocycles. The molecule has 2 N–H and O–H groups in total. The van der Waals surface area contributed by atoms with Crippen molar-refractivity contribution in [3.8, 4) is 16.3 Å². The molecule has 108 valence electrons. The van der Waals surface area contributed by atoms with Crippen LogP contribution in [0, 0.1) is 0 Å². The molecule has 0 aliphatic heterocycles. The Bertz CT molecular complexity index is 746. The van der Waals surface area contributed by atoms with Crippen LogP contribution in [0.5, 0.6) is 0 Å². The van der Waals surface area contributed by atoms with Gasteiger partial charge in [-0.1, -0.05) is 31.5 Å². The summed E-state index contributed by atoms with van der Waals surface area (Å²) in [6, 6.07) is 12.1. The number of nitrogens with two attached hydrogens (primary N) is 1. The predicted octanol–water partition coefficient (Wildman–Crippen LogP) is 4.90. The number of rotatable bonds is 4. The summed E-state index contributed by atoms with van der Waals surface area (Å²) >= 11 is 5.28. The highest BCUT2D eigenvalue weighted by Gasteiger charge is 2.19. The standard InChI is InChI=1S/C16H16BrN3S/c1-2-6-12-14(15-13(17)9-10-21-15)19-20(16(12)18)11-7-4-3-5-8-11/h3-5,7-10H,2,6,18H2,1H3. The van der Waals surface area contributed by atoms with E-state index in [-0.39, 0.29) is 0 Å². The molecule has 0 fully saturated rings. The van der Waals surface area contributed by atoms with Crippen molar-refractivity contribution in [2.45, 2.75) is 19.8 Å². The van der Waals surface area contributed by atoms with Crippen LogP contribution in [0.1, 0.15) is 18.9 Å². The third-order valence-corrected chi connectivity index (χ3v) is 5.20. The largest absolute Gasteiger partial charge is 0.383 e. The number of nitrogen functional groups attached to an aromatic ring is 1. The Labute approximate surface area is 136 Å². The molecular formula is C16H16BrN3S. The second-order valence-electron chi connectivity index (χ2n) is 4.81. The van der Waals surface area contributed by atoms with E-state index in [1.165, 1.54) is 0 Å². The summed E-state index contributed by atoms with van der Waals surface area (Å²) in [7, 11) is 0. The molecule has 0 unspecified atom stereocenters. The summed E-state index contributed by atoms with van der Waals surface area (Å²) in [5.41, 5.74) is 9.48. The molecule has 0 aliphatic rings. The fourth-order valence-electron chi connectivity index (χ4n) is 2.37. The minimum Gasteiger partial charge on any atom is -0.383 e. The number of hydrogen-bond acceptors (Lipinski definition) is 3. The van der Waals surface area contributed by atoms with Gasteiger partial charge >= 0.3 is 0 Å². The monoisotopic (exact) mass is 361 g/mol. The molecule has 0 saturated heterocycles. The van der Waals surface area contributed by atoms with Gasteiger partial charge in [-0.05, 0) is 45.9 Å². The summed E-state index contributed by atoms with van der Waals surface area (Å²) in [5, 5.41) is 6.84. The number of thiophene rings is 1. The lowest BCUT2D eigenvalue weighted by Crippen LogP contribution is -2.02. The average Bonchev–Trinajstić information content (AvgIpc) is 3.05. The van der Waals surface area contributed by atoms with Crippen LogP contribution in [-0.2, 0) is 6.42 Å². The maximum Gasteiger partial charge on any atom is 0.131 e. The lowest BCUT2D eigenvalue weighted by molar-refractivity contribution is 0.892. The van der Waals surface area contributed by atoms with Crippen molar-refractivity contribution in [1.29, 1.82) is 0 Å². The summed E-state index contributed by atoms with van der Waals surface area (Å²) in [6.45, 7) is 2.16. The van der Waals surface area contributed by atoms with Gasteiger partial charge in [0.1, 0.15) is 11.5 Å². The molecule has 0 amide bonds. The van der Waals surface area contributed by atoms with Gasteiger partial charge in [-0.15, -0.1) is 11.3 Å². The maximum atomic E-state index is 6.37. The van der Waals surface area contributed by atoms with E-state index in [4.69, 9.17) is 10.8 Å². The molecule has 3 aromatic rings. The number of anilines is 1. The highest BCUT2D eigenvalue weighted by Crippen LogP contribution is 2.37. The second kappa shape index (κ2) is 6.03. The van der Waals surface area contributed by atoms with Gasteiger partial charge in [-0.2, -0.15) is 5.10 Å². The lowest BCUT2D eigenvalue weighted by Gasteiger charge is -2.04.